The Hall–Kier alpha value is -3.58. The molecule has 2 aromatic heterocycles. The van der Waals surface area contributed by atoms with Crippen LogP contribution in [0.3, 0.4) is 0 Å². The van der Waals surface area contributed by atoms with Crippen molar-refractivity contribution in [1.29, 1.82) is 0 Å². The highest BCUT2D eigenvalue weighted by atomic mass is 19.1. The van der Waals surface area contributed by atoms with Gasteiger partial charge in [-0.3, -0.25) is 4.90 Å². The molecule has 1 fully saturated rings. The van der Waals surface area contributed by atoms with Gasteiger partial charge in [0, 0.05) is 37.9 Å². The molecule has 1 aliphatic heterocycles. The van der Waals surface area contributed by atoms with E-state index < -0.39 is 0 Å². The van der Waals surface area contributed by atoms with Crippen LogP contribution in [0.1, 0.15) is 17.5 Å². The lowest BCUT2D eigenvalue weighted by Crippen LogP contribution is -2.48. The average Bonchev–Trinajstić information content (AvgIpc) is 3.32. The first-order chi connectivity index (χ1) is 15.3. The van der Waals surface area contributed by atoms with Crippen LogP contribution < -0.4 is 4.90 Å². The van der Waals surface area contributed by atoms with Crippen molar-refractivity contribution >= 4 is 5.82 Å². The molecule has 6 nitrogen and oxygen atoms in total. The highest BCUT2D eigenvalue weighted by molar-refractivity contribution is 5.52. The topological polar surface area (TPSA) is 58.3 Å². The van der Waals surface area contributed by atoms with Gasteiger partial charge in [0.05, 0.1) is 0 Å². The number of hydrogen-bond acceptors (Lipinski definition) is 6. The van der Waals surface area contributed by atoms with Gasteiger partial charge in [-0.2, -0.15) is 0 Å². The van der Waals surface area contributed by atoms with Crippen LogP contribution in [-0.4, -0.2) is 46.3 Å². The normalized spacial score (nSPS) is 15.7. The monoisotopic (exact) mass is 415 g/mol. The van der Waals surface area contributed by atoms with Crippen molar-refractivity contribution in [3.05, 3.63) is 96.3 Å². The van der Waals surface area contributed by atoms with E-state index in [0.717, 1.165) is 43.1 Å². The molecular weight excluding hydrogens is 393 g/mol. The summed E-state index contributed by atoms with van der Waals surface area (Å²) < 4.78 is 19.7. The van der Waals surface area contributed by atoms with E-state index in [1.165, 1.54) is 12.1 Å². The van der Waals surface area contributed by atoms with Crippen molar-refractivity contribution in [2.75, 3.05) is 31.1 Å². The first kappa shape index (κ1) is 19.4. The SMILES string of the molecule is Fc1ccc(C(c2nnc(-c3ccccc3)o2)N2CCN(c3ccccn3)CC2)cc1. The molecule has 1 atom stereocenters. The second kappa shape index (κ2) is 8.65. The third-order valence-corrected chi connectivity index (χ3v) is 5.53. The van der Waals surface area contributed by atoms with Crippen molar-refractivity contribution in [3.63, 3.8) is 0 Å². The predicted molar refractivity (Wildman–Crippen MR) is 116 cm³/mol. The molecule has 5 rings (SSSR count). The lowest BCUT2D eigenvalue weighted by Gasteiger charge is -2.38. The number of rotatable bonds is 5. The van der Waals surface area contributed by atoms with E-state index >= 15 is 0 Å². The lowest BCUT2D eigenvalue weighted by atomic mass is 10.0. The van der Waals surface area contributed by atoms with E-state index in [2.05, 4.69) is 25.0 Å². The van der Waals surface area contributed by atoms with E-state index in [1.807, 2.05) is 54.7 Å². The van der Waals surface area contributed by atoms with Gasteiger partial charge in [0.25, 0.3) is 0 Å². The molecule has 4 aromatic rings. The molecule has 3 heterocycles. The smallest absolute Gasteiger partial charge is 0.247 e. The quantitative estimate of drug-likeness (QED) is 0.487. The van der Waals surface area contributed by atoms with Crippen molar-refractivity contribution in [2.24, 2.45) is 0 Å². The van der Waals surface area contributed by atoms with Gasteiger partial charge in [0.1, 0.15) is 17.7 Å². The van der Waals surface area contributed by atoms with Gasteiger partial charge in [-0.05, 0) is 42.0 Å². The summed E-state index contributed by atoms with van der Waals surface area (Å²) in [6.07, 6.45) is 1.81. The van der Waals surface area contributed by atoms with Gasteiger partial charge in [-0.1, -0.05) is 36.4 Å². The molecule has 1 aliphatic rings. The third-order valence-electron chi connectivity index (χ3n) is 5.53. The van der Waals surface area contributed by atoms with Crippen LogP contribution in [0.4, 0.5) is 10.2 Å². The highest BCUT2D eigenvalue weighted by Gasteiger charge is 2.31. The van der Waals surface area contributed by atoms with E-state index in [-0.39, 0.29) is 11.9 Å². The highest BCUT2D eigenvalue weighted by Crippen LogP contribution is 2.31. The number of benzene rings is 2. The van der Waals surface area contributed by atoms with Gasteiger partial charge in [-0.15, -0.1) is 10.2 Å². The number of aromatic nitrogens is 3. The third kappa shape index (κ3) is 4.18. The Morgan fingerprint density at radius 1 is 0.806 bits per heavy atom. The summed E-state index contributed by atoms with van der Waals surface area (Å²) in [5, 5.41) is 8.64. The van der Waals surface area contributed by atoms with Gasteiger partial charge in [0.15, 0.2) is 0 Å². The van der Waals surface area contributed by atoms with Crippen molar-refractivity contribution in [1.82, 2.24) is 20.1 Å². The molecule has 0 N–H and O–H groups in total. The maximum absolute atomic E-state index is 13.6. The van der Waals surface area contributed by atoms with Crippen molar-refractivity contribution in [3.8, 4) is 11.5 Å². The number of nitrogens with zero attached hydrogens (tertiary/aromatic N) is 5. The zero-order chi connectivity index (χ0) is 21.0. The minimum absolute atomic E-state index is 0.239. The predicted octanol–water partition coefficient (Wildman–Crippen LogP) is 4.18. The minimum Gasteiger partial charge on any atom is -0.419 e. The maximum Gasteiger partial charge on any atom is 0.247 e. The molecule has 2 aromatic carbocycles. The first-order valence-electron chi connectivity index (χ1n) is 10.3. The number of hydrogen-bond donors (Lipinski definition) is 0. The summed E-state index contributed by atoms with van der Waals surface area (Å²) >= 11 is 0. The molecule has 1 unspecified atom stereocenters. The Morgan fingerprint density at radius 2 is 1.55 bits per heavy atom. The number of pyridine rings is 1. The second-order valence-corrected chi connectivity index (χ2v) is 7.48. The van der Waals surface area contributed by atoms with E-state index in [1.54, 1.807) is 12.1 Å². The molecule has 0 aliphatic carbocycles. The van der Waals surface area contributed by atoms with Crippen LogP contribution in [0, 0.1) is 5.82 Å². The molecule has 1 saturated heterocycles. The van der Waals surface area contributed by atoms with Crippen molar-refractivity contribution < 1.29 is 8.81 Å². The summed E-state index contributed by atoms with van der Waals surface area (Å²) in [5.74, 6) is 1.70. The average molecular weight is 415 g/mol. The maximum atomic E-state index is 13.6. The molecule has 0 saturated carbocycles. The van der Waals surface area contributed by atoms with E-state index in [9.17, 15) is 4.39 Å². The number of piperazine rings is 1. The molecule has 7 heteroatoms. The summed E-state index contributed by atoms with van der Waals surface area (Å²) in [7, 11) is 0. The molecule has 156 valence electrons. The van der Waals surface area contributed by atoms with Crippen LogP contribution in [0.25, 0.3) is 11.5 Å². The van der Waals surface area contributed by atoms with Crippen LogP contribution in [0.5, 0.6) is 0 Å². The summed E-state index contributed by atoms with van der Waals surface area (Å²) in [6.45, 7) is 3.24. The second-order valence-electron chi connectivity index (χ2n) is 7.48. The van der Waals surface area contributed by atoms with Crippen LogP contribution >= 0.6 is 0 Å². The molecule has 31 heavy (non-hydrogen) atoms. The molecule has 0 radical (unpaired) electrons. The zero-order valence-electron chi connectivity index (χ0n) is 16.9. The van der Waals surface area contributed by atoms with Crippen LogP contribution in [-0.2, 0) is 0 Å². The molecule has 0 bridgehead atoms. The fourth-order valence-electron chi connectivity index (χ4n) is 3.95. The molecule has 0 spiro atoms. The van der Waals surface area contributed by atoms with E-state index in [4.69, 9.17) is 4.42 Å². The summed E-state index contributed by atoms with van der Waals surface area (Å²) in [6, 6.07) is 21.9. The van der Waals surface area contributed by atoms with Gasteiger partial charge >= 0.3 is 0 Å². The fraction of sp³-hybridized carbons (Fsp3) is 0.208. The van der Waals surface area contributed by atoms with E-state index in [0.29, 0.717) is 11.8 Å². The fourth-order valence-corrected chi connectivity index (χ4v) is 3.95. The Labute approximate surface area is 180 Å². The Morgan fingerprint density at radius 3 is 2.26 bits per heavy atom. The first-order valence-corrected chi connectivity index (χ1v) is 10.3. The largest absolute Gasteiger partial charge is 0.419 e. The molecular formula is C24H22FN5O. The number of anilines is 1. The Bertz CT molecular complexity index is 1110. The van der Waals surface area contributed by atoms with Crippen LogP contribution in [0.15, 0.2) is 83.4 Å². The Kier molecular flexibility index (Phi) is 5.41. The summed E-state index contributed by atoms with van der Waals surface area (Å²) in [4.78, 5) is 9.03. The van der Waals surface area contributed by atoms with Gasteiger partial charge < -0.3 is 9.32 Å². The zero-order valence-corrected chi connectivity index (χ0v) is 16.9. The minimum atomic E-state index is -0.266. The van der Waals surface area contributed by atoms with Crippen molar-refractivity contribution in [2.45, 2.75) is 6.04 Å². The lowest BCUT2D eigenvalue weighted by molar-refractivity contribution is 0.187. The summed E-state index contributed by atoms with van der Waals surface area (Å²) in [5.41, 5.74) is 1.80. The van der Waals surface area contributed by atoms with Gasteiger partial charge in [0.2, 0.25) is 11.8 Å². The number of halogens is 1. The van der Waals surface area contributed by atoms with Gasteiger partial charge in [-0.25, -0.2) is 9.37 Å². The molecule has 0 amide bonds. The van der Waals surface area contributed by atoms with Crippen LogP contribution in [0.2, 0.25) is 0 Å². The Balaban J connectivity index is 1.42. The standard InChI is InChI=1S/C24H22FN5O/c25-20-11-9-18(10-12-20)22(24-28-27-23(31-24)19-6-2-1-3-7-19)30-16-14-29(15-17-30)21-8-4-5-13-26-21/h1-13,22H,14-17H2.